The first-order chi connectivity index (χ1) is 8.81. The molecule has 1 amide bonds. The summed E-state index contributed by atoms with van der Waals surface area (Å²) in [5, 5.41) is 9.46. The van der Waals surface area contributed by atoms with Crippen molar-refractivity contribution in [3.8, 4) is 0 Å². The Morgan fingerprint density at radius 2 is 2.21 bits per heavy atom. The zero-order valence-corrected chi connectivity index (χ0v) is 12.9. The van der Waals surface area contributed by atoms with Crippen molar-refractivity contribution in [3.63, 3.8) is 0 Å². The van der Waals surface area contributed by atoms with Crippen molar-refractivity contribution in [3.05, 3.63) is 28.2 Å². The molecule has 1 atom stereocenters. The highest BCUT2D eigenvalue weighted by atomic mass is 79.9. The van der Waals surface area contributed by atoms with Crippen LogP contribution in [0.4, 0.5) is 10.5 Å². The van der Waals surface area contributed by atoms with Gasteiger partial charge in [-0.2, -0.15) is 0 Å². The van der Waals surface area contributed by atoms with Crippen molar-refractivity contribution in [2.75, 3.05) is 11.5 Å². The number of fused-ring (bicyclic) bond motifs is 1. The minimum absolute atomic E-state index is 0.0778. The normalized spacial score (nSPS) is 18.4. The third kappa shape index (κ3) is 3.09. The van der Waals surface area contributed by atoms with Crippen molar-refractivity contribution in [1.82, 2.24) is 0 Å². The number of ether oxygens (including phenoxy) is 1. The summed E-state index contributed by atoms with van der Waals surface area (Å²) in [5.74, 6) is 0. The molecule has 0 aliphatic carbocycles. The summed E-state index contributed by atoms with van der Waals surface area (Å²) in [6, 6.07) is 5.48. The average molecular weight is 328 g/mol. The molecule has 0 fully saturated rings. The van der Waals surface area contributed by atoms with Gasteiger partial charge in [-0.25, -0.2) is 4.79 Å². The second kappa shape index (κ2) is 5.13. The van der Waals surface area contributed by atoms with E-state index in [0.29, 0.717) is 6.42 Å². The molecule has 0 bridgehead atoms. The summed E-state index contributed by atoms with van der Waals surface area (Å²) in [6.45, 7) is 5.41. The van der Waals surface area contributed by atoms with Gasteiger partial charge in [0.15, 0.2) is 0 Å². The number of rotatable bonds is 1. The summed E-state index contributed by atoms with van der Waals surface area (Å²) in [5.41, 5.74) is 1.31. The van der Waals surface area contributed by atoms with Crippen LogP contribution in [-0.2, 0) is 11.2 Å². The maximum absolute atomic E-state index is 12.3. The van der Waals surface area contributed by atoms with Gasteiger partial charge in [-0.05, 0) is 51.0 Å². The number of nitrogens with zero attached hydrogens (tertiary/aromatic N) is 1. The molecule has 2 rings (SSSR count). The Morgan fingerprint density at radius 3 is 2.79 bits per heavy atom. The molecule has 19 heavy (non-hydrogen) atoms. The van der Waals surface area contributed by atoms with Crippen LogP contribution >= 0.6 is 15.9 Å². The monoisotopic (exact) mass is 327 g/mol. The number of carbonyl (C=O) groups excluding carboxylic acids is 1. The molecule has 0 aromatic heterocycles. The van der Waals surface area contributed by atoms with Crippen LogP contribution in [0.1, 0.15) is 26.3 Å². The average Bonchev–Trinajstić information content (AvgIpc) is 2.63. The van der Waals surface area contributed by atoms with Gasteiger partial charge in [-0.3, -0.25) is 4.90 Å². The Morgan fingerprint density at radius 1 is 1.53 bits per heavy atom. The van der Waals surface area contributed by atoms with Crippen LogP contribution in [0.3, 0.4) is 0 Å². The highest BCUT2D eigenvalue weighted by molar-refractivity contribution is 9.10. The van der Waals surface area contributed by atoms with E-state index in [-0.39, 0.29) is 12.6 Å². The van der Waals surface area contributed by atoms with Crippen LogP contribution in [0.2, 0.25) is 0 Å². The van der Waals surface area contributed by atoms with Gasteiger partial charge < -0.3 is 9.84 Å². The zero-order chi connectivity index (χ0) is 14.2. The maximum atomic E-state index is 12.3. The first-order valence-corrected chi connectivity index (χ1v) is 7.02. The number of amides is 1. The Labute approximate surface area is 121 Å². The first-order valence-electron chi connectivity index (χ1n) is 6.23. The second-order valence-electron chi connectivity index (χ2n) is 5.66. The van der Waals surface area contributed by atoms with Gasteiger partial charge in [0, 0.05) is 4.47 Å². The molecular formula is C14H18BrNO3. The van der Waals surface area contributed by atoms with Crippen LogP contribution in [0.25, 0.3) is 0 Å². The van der Waals surface area contributed by atoms with E-state index in [9.17, 15) is 9.90 Å². The molecule has 1 aromatic rings. The number of benzene rings is 1. The molecule has 104 valence electrons. The smallest absolute Gasteiger partial charge is 0.415 e. The Bertz CT molecular complexity index is 496. The number of hydrogen-bond acceptors (Lipinski definition) is 3. The summed E-state index contributed by atoms with van der Waals surface area (Å²) in [6.07, 6.45) is 0.234. The van der Waals surface area contributed by atoms with E-state index in [1.165, 1.54) is 0 Å². The van der Waals surface area contributed by atoms with E-state index < -0.39 is 11.7 Å². The van der Waals surface area contributed by atoms with E-state index >= 15 is 0 Å². The topological polar surface area (TPSA) is 49.8 Å². The SMILES string of the molecule is CC(C)(C)OC(=O)N1c2ccc(Br)cc2C[C@@H]1CO. The summed E-state index contributed by atoms with van der Waals surface area (Å²) in [4.78, 5) is 13.8. The Balaban J connectivity index is 2.31. The van der Waals surface area contributed by atoms with Crippen molar-refractivity contribution < 1.29 is 14.6 Å². The number of hydrogen-bond donors (Lipinski definition) is 1. The van der Waals surface area contributed by atoms with Gasteiger partial charge in [-0.15, -0.1) is 0 Å². The van der Waals surface area contributed by atoms with Gasteiger partial charge in [0.2, 0.25) is 0 Å². The number of aliphatic hydroxyl groups excluding tert-OH is 1. The summed E-state index contributed by atoms with van der Waals surface area (Å²) in [7, 11) is 0. The third-order valence-electron chi connectivity index (χ3n) is 2.92. The fourth-order valence-corrected chi connectivity index (χ4v) is 2.61. The predicted octanol–water partition coefficient (Wildman–Crippen LogP) is 3.11. The van der Waals surface area contributed by atoms with E-state index in [4.69, 9.17) is 4.74 Å². The first kappa shape index (κ1) is 14.3. The van der Waals surface area contributed by atoms with Crippen LogP contribution in [0.5, 0.6) is 0 Å². The molecular weight excluding hydrogens is 310 g/mol. The zero-order valence-electron chi connectivity index (χ0n) is 11.3. The lowest BCUT2D eigenvalue weighted by Crippen LogP contribution is -2.43. The molecule has 1 aromatic carbocycles. The molecule has 0 unspecified atom stereocenters. The quantitative estimate of drug-likeness (QED) is 0.862. The molecule has 1 aliphatic heterocycles. The molecule has 0 saturated heterocycles. The van der Waals surface area contributed by atoms with Crippen molar-refractivity contribution in [2.45, 2.75) is 38.8 Å². The molecule has 1 heterocycles. The van der Waals surface area contributed by atoms with Gasteiger partial charge in [-0.1, -0.05) is 15.9 Å². The van der Waals surface area contributed by atoms with Gasteiger partial charge in [0.25, 0.3) is 0 Å². The summed E-state index contributed by atoms with van der Waals surface area (Å²) < 4.78 is 6.37. The second-order valence-corrected chi connectivity index (χ2v) is 6.58. The van der Waals surface area contributed by atoms with Crippen molar-refractivity contribution >= 4 is 27.7 Å². The van der Waals surface area contributed by atoms with Gasteiger partial charge in [0.1, 0.15) is 5.60 Å². The number of halogens is 1. The van der Waals surface area contributed by atoms with E-state index in [0.717, 1.165) is 15.7 Å². The Hall–Kier alpha value is -1.07. The lowest BCUT2D eigenvalue weighted by molar-refractivity contribution is 0.0557. The summed E-state index contributed by atoms with van der Waals surface area (Å²) >= 11 is 3.42. The lowest BCUT2D eigenvalue weighted by Gasteiger charge is -2.28. The van der Waals surface area contributed by atoms with E-state index in [1.54, 1.807) is 4.90 Å². The highest BCUT2D eigenvalue weighted by Gasteiger charge is 2.36. The molecule has 1 N–H and O–H groups in total. The third-order valence-corrected chi connectivity index (χ3v) is 3.42. The lowest BCUT2D eigenvalue weighted by atomic mass is 10.1. The molecule has 1 aliphatic rings. The highest BCUT2D eigenvalue weighted by Crippen LogP contribution is 2.35. The van der Waals surface area contributed by atoms with Crippen LogP contribution < -0.4 is 4.90 Å². The van der Waals surface area contributed by atoms with Crippen molar-refractivity contribution in [1.29, 1.82) is 0 Å². The minimum Gasteiger partial charge on any atom is -0.443 e. The molecule has 5 heteroatoms. The fourth-order valence-electron chi connectivity index (χ4n) is 2.20. The fraction of sp³-hybridized carbons (Fsp3) is 0.500. The molecule has 0 spiro atoms. The number of aliphatic hydroxyl groups is 1. The standard InChI is InChI=1S/C14H18BrNO3/c1-14(2,3)19-13(18)16-11(8-17)7-9-6-10(15)4-5-12(9)16/h4-6,11,17H,7-8H2,1-3H3/t11-/m1/s1. The van der Waals surface area contributed by atoms with E-state index in [1.807, 2.05) is 39.0 Å². The van der Waals surface area contributed by atoms with Gasteiger partial charge >= 0.3 is 6.09 Å². The maximum Gasteiger partial charge on any atom is 0.415 e. The predicted molar refractivity (Wildman–Crippen MR) is 77.4 cm³/mol. The minimum atomic E-state index is -0.546. The molecule has 0 radical (unpaired) electrons. The van der Waals surface area contributed by atoms with E-state index in [2.05, 4.69) is 15.9 Å². The van der Waals surface area contributed by atoms with Crippen LogP contribution in [0.15, 0.2) is 22.7 Å². The van der Waals surface area contributed by atoms with Crippen molar-refractivity contribution in [2.24, 2.45) is 0 Å². The Kier molecular flexibility index (Phi) is 3.87. The molecule has 0 saturated carbocycles. The van der Waals surface area contributed by atoms with Crippen LogP contribution in [-0.4, -0.2) is 29.4 Å². The number of anilines is 1. The van der Waals surface area contributed by atoms with Crippen LogP contribution in [0, 0.1) is 0 Å². The molecule has 4 nitrogen and oxygen atoms in total. The number of carbonyl (C=O) groups is 1. The van der Waals surface area contributed by atoms with Gasteiger partial charge in [0.05, 0.1) is 18.3 Å². The largest absolute Gasteiger partial charge is 0.443 e.